The first-order chi connectivity index (χ1) is 14.5. The molecule has 8 heteroatoms. The van der Waals surface area contributed by atoms with Crippen LogP contribution in [0.2, 0.25) is 10.0 Å². The number of nitrogens with zero attached hydrogens (tertiary/aromatic N) is 1. The molecule has 0 fully saturated rings. The molecule has 0 radical (unpaired) electrons. The van der Waals surface area contributed by atoms with Crippen molar-refractivity contribution in [3.05, 3.63) is 63.8 Å². The number of hydrogen-bond donors (Lipinski definition) is 1. The van der Waals surface area contributed by atoms with Crippen molar-refractivity contribution in [2.45, 2.75) is 13.3 Å². The van der Waals surface area contributed by atoms with E-state index in [1.807, 2.05) is 13.0 Å². The first-order valence-electron chi connectivity index (χ1n) is 9.51. The number of carbonyl (C=O) groups is 2. The molecule has 2 amide bonds. The van der Waals surface area contributed by atoms with Crippen molar-refractivity contribution in [3.8, 4) is 5.75 Å². The van der Waals surface area contributed by atoms with Crippen molar-refractivity contribution < 1.29 is 19.1 Å². The SMILES string of the molecule is CCOc1cccc(NC2=C(c3ccc(Cl)cc3Cl)C(=O)N(CCCOC)C2=O)c1. The second-order valence-electron chi connectivity index (χ2n) is 6.57. The standard InChI is InChI=1S/C22H22Cl2N2O4/c1-3-30-16-7-4-6-15(13-16)25-20-19(17-9-8-14(23)12-18(17)24)21(27)26(22(20)28)10-5-11-29-2/h4,6-9,12-13,25H,3,5,10-11H2,1-2H3. The Balaban J connectivity index is 2.02. The summed E-state index contributed by atoms with van der Waals surface area (Å²) in [7, 11) is 1.57. The van der Waals surface area contributed by atoms with E-state index in [0.717, 1.165) is 0 Å². The molecule has 0 unspecified atom stereocenters. The van der Waals surface area contributed by atoms with Gasteiger partial charge in [0, 0.05) is 42.6 Å². The van der Waals surface area contributed by atoms with Gasteiger partial charge in [0.2, 0.25) is 0 Å². The number of hydrogen-bond acceptors (Lipinski definition) is 5. The molecule has 1 heterocycles. The number of rotatable bonds is 9. The normalized spacial score (nSPS) is 13.9. The maximum Gasteiger partial charge on any atom is 0.278 e. The van der Waals surface area contributed by atoms with Crippen LogP contribution in [-0.4, -0.2) is 43.6 Å². The van der Waals surface area contributed by atoms with Crippen molar-refractivity contribution >= 4 is 46.3 Å². The molecule has 1 N–H and O–H groups in total. The van der Waals surface area contributed by atoms with Crippen LogP contribution in [0, 0.1) is 0 Å². The summed E-state index contributed by atoms with van der Waals surface area (Å²) in [6.45, 7) is 3.08. The van der Waals surface area contributed by atoms with Crippen molar-refractivity contribution in [1.82, 2.24) is 4.90 Å². The Kier molecular flexibility index (Phi) is 7.37. The van der Waals surface area contributed by atoms with E-state index in [-0.39, 0.29) is 17.8 Å². The molecule has 1 aliphatic rings. The number of halogens is 2. The number of carbonyl (C=O) groups excluding carboxylic acids is 2. The van der Waals surface area contributed by atoms with Gasteiger partial charge < -0.3 is 14.8 Å². The van der Waals surface area contributed by atoms with Crippen LogP contribution in [0.5, 0.6) is 5.75 Å². The Morgan fingerprint density at radius 2 is 1.87 bits per heavy atom. The van der Waals surface area contributed by atoms with E-state index in [4.69, 9.17) is 32.7 Å². The lowest BCUT2D eigenvalue weighted by molar-refractivity contribution is -0.136. The summed E-state index contributed by atoms with van der Waals surface area (Å²) >= 11 is 12.4. The van der Waals surface area contributed by atoms with E-state index in [1.165, 1.54) is 4.90 Å². The van der Waals surface area contributed by atoms with E-state index in [2.05, 4.69) is 5.32 Å². The number of nitrogens with one attached hydrogen (secondary N) is 1. The molecule has 1 aliphatic heterocycles. The van der Waals surface area contributed by atoms with Gasteiger partial charge in [0.05, 0.1) is 17.2 Å². The molecule has 3 rings (SSSR count). The van der Waals surface area contributed by atoms with Crippen molar-refractivity contribution in [1.29, 1.82) is 0 Å². The summed E-state index contributed by atoms with van der Waals surface area (Å²) in [5.41, 5.74) is 1.44. The predicted molar refractivity (Wildman–Crippen MR) is 118 cm³/mol. The maximum absolute atomic E-state index is 13.2. The molecule has 30 heavy (non-hydrogen) atoms. The minimum atomic E-state index is -0.418. The number of methoxy groups -OCH3 is 1. The largest absolute Gasteiger partial charge is 0.494 e. The third-order valence-electron chi connectivity index (χ3n) is 4.51. The van der Waals surface area contributed by atoms with Crippen LogP contribution in [0.15, 0.2) is 48.2 Å². The molecule has 0 saturated carbocycles. The van der Waals surface area contributed by atoms with Crippen LogP contribution < -0.4 is 10.1 Å². The second kappa shape index (κ2) is 9.98. The van der Waals surface area contributed by atoms with Crippen molar-refractivity contribution in [3.63, 3.8) is 0 Å². The third kappa shape index (κ3) is 4.78. The second-order valence-corrected chi connectivity index (χ2v) is 7.41. The molecule has 0 aromatic heterocycles. The van der Waals surface area contributed by atoms with Crippen LogP contribution in [0.3, 0.4) is 0 Å². The van der Waals surface area contributed by atoms with E-state index in [0.29, 0.717) is 46.7 Å². The quantitative estimate of drug-likeness (QED) is 0.447. The summed E-state index contributed by atoms with van der Waals surface area (Å²) in [6.07, 6.45) is 0.530. The topological polar surface area (TPSA) is 67.9 Å². The first-order valence-corrected chi connectivity index (χ1v) is 10.3. The molecule has 6 nitrogen and oxygen atoms in total. The Morgan fingerprint density at radius 3 is 2.57 bits per heavy atom. The van der Waals surface area contributed by atoms with E-state index in [9.17, 15) is 9.59 Å². The summed E-state index contributed by atoms with van der Waals surface area (Å²) in [6, 6.07) is 12.0. The Hall–Kier alpha value is -2.54. The van der Waals surface area contributed by atoms with Gasteiger partial charge in [-0.2, -0.15) is 0 Å². The number of ether oxygens (including phenoxy) is 2. The lowest BCUT2D eigenvalue weighted by atomic mass is 10.0. The van der Waals surface area contributed by atoms with Crippen molar-refractivity contribution in [2.75, 3.05) is 32.2 Å². The fourth-order valence-corrected chi connectivity index (χ4v) is 3.68. The Labute approximate surface area is 185 Å². The predicted octanol–water partition coefficient (Wildman–Crippen LogP) is 4.62. The Morgan fingerprint density at radius 1 is 1.07 bits per heavy atom. The molecule has 0 bridgehead atoms. The molecule has 0 spiro atoms. The molecule has 0 aliphatic carbocycles. The Bertz CT molecular complexity index is 991. The molecule has 2 aromatic rings. The highest BCUT2D eigenvalue weighted by Crippen LogP contribution is 2.35. The minimum absolute atomic E-state index is 0.162. The average molecular weight is 449 g/mol. The summed E-state index contributed by atoms with van der Waals surface area (Å²) in [5.74, 6) is -0.175. The first kappa shape index (κ1) is 22.2. The highest BCUT2D eigenvalue weighted by atomic mass is 35.5. The third-order valence-corrected chi connectivity index (χ3v) is 5.06. The fraction of sp³-hybridized carbons (Fsp3) is 0.273. The molecule has 2 aromatic carbocycles. The lowest BCUT2D eigenvalue weighted by Crippen LogP contribution is -2.33. The van der Waals surface area contributed by atoms with E-state index >= 15 is 0 Å². The van der Waals surface area contributed by atoms with Crippen LogP contribution in [0.25, 0.3) is 5.57 Å². The van der Waals surface area contributed by atoms with Gasteiger partial charge in [-0.15, -0.1) is 0 Å². The van der Waals surface area contributed by atoms with Gasteiger partial charge in [-0.25, -0.2) is 0 Å². The zero-order valence-electron chi connectivity index (χ0n) is 16.7. The summed E-state index contributed by atoms with van der Waals surface area (Å²) < 4.78 is 10.6. The number of imide groups is 1. The van der Waals surface area contributed by atoms with Crippen LogP contribution >= 0.6 is 23.2 Å². The lowest BCUT2D eigenvalue weighted by Gasteiger charge is -2.15. The maximum atomic E-state index is 13.2. The van der Waals surface area contributed by atoms with Gasteiger partial charge in [-0.1, -0.05) is 35.3 Å². The molecule has 158 valence electrons. The van der Waals surface area contributed by atoms with Crippen LogP contribution in [-0.2, 0) is 14.3 Å². The van der Waals surface area contributed by atoms with Gasteiger partial charge in [0.1, 0.15) is 11.4 Å². The number of anilines is 1. The van der Waals surface area contributed by atoms with Crippen LogP contribution in [0.4, 0.5) is 5.69 Å². The summed E-state index contributed by atoms with van der Waals surface area (Å²) in [4.78, 5) is 27.5. The van der Waals surface area contributed by atoms with E-state index < -0.39 is 11.8 Å². The zero-order chi connectivity index (χ0) is 21.7. The molecular weight excluding hydrogens is 427 g/mol. The van der Waals surface area contributed by atoms with E-state index in [1.54, 1.807) is 43.5 Å². The monoisotopic (exact) mass is 448 g/mol. The van der Waals surface area contributed by atoms with Gasteiger partial charge in [0.25, 0.3) is 11.8 Å². The smallest absolute Gasteiger partial charge is 0.278 e. The van der Waals surface area contributed by atoms with Crippen molar-refractivity contribution in [2.24, 2.45) is 0 Å². The van der Waals surface area contributed by atoms with Gasteiger partial charge in [-0.05, 0) is 37.6 Å². The minimum Gasteiger partial charge on any atom is -0.494 e. The number of amides is 2. The zero-order valence-corrected chi connectivity index (χ0v) is 18.2. The average Bonchev–Trinajstić information content (AvgIpc) is 2.93. The highest BCUT2D eigenvalue weighted by molar-refractivity contribution is 6.41. The molecule has 0 atom stereocenters. The number of benzene rings is 2. The van der Waals surface area contributed by atoms with Crippen LogP contribution in [0.1, 0.15) is 18.9 Å². The van der Waals surface area contributed by atoms with Gasteiger partial charge in [0.15, 0.2) is 0 Å². The van der Waals surface area contributed by atoms with Gasteiger partial charge >= 0.3 is 0 Å². The fourth-order valence-electron chi connectivity index (χ4n) is 3.18. The summed E-state index contributed by atoms with van der Waals surface area (Å²) in [5, 5.41) is 3.83. The molecular formula is C22H22Cl2N2O4. The van der Waals surface area contributed by atoms with Gasteiger partial charge in [-0.3, -0.25) is 14.5 Å². The highest BCUT2D eigenvalue weighted by Gasteiger charge is 2.39. The molecule has 0 saturated heterocycles.